The number of nitrogens with zero attached hydrogens (tertiary/aromatic N) is 5. The molecule has 4 aromatic heterocycles. The Hall–Kier alpha value is -3.47. The molecular weight excluding hydrogens is 378 g/mol. The van der Waals surface area contributed by atoms with Gasteiger partial charge in [0.05, 0.1) is 12.2 Å². The van der Waals surface area contributed by atoms with Crippen LogP contribution in [0, 0.1) is 0 Å². The minimum atomic E-state index is -0.219. The van der Waals surface area contributed by atoms with Gasteiger partial charge in [0.1, 0.15) is 11.3 Å². The standard InChI is InChI=1S/C17H17N9OS/c27-14(21-17-18-5-7-28-17)9-19-16-22-15(12-2-1-6-26(12)25-16)20-13-8-11(23-24-13)10-3-4-10/h1-2,5-8,10H,3-4,9H2,(H,18,21,27)(H3,19,20,22,23,24,25). The first kappa shape index (κ1) is 16.7. The van der Waals surface area contributed by atoms with Crippen LogP contribution in [0.4, 0.5) is 22.7 Å². The number of anilines is 4. The highest BCUT2D eigenvalue weighted by Gasteiger charge is 2.26. The molecule has 0 unspecified atom stereocenters. The molecule has 4 heterocycles. The number of rotatable bonds is 7. The lowest BCUT2D eigenvalue weighted by Crippen LogP contribution is -2.23. The Balaban J connectivity index is 1.32. The zero-order chi connectivity index (χ0) is 18.9. The van der Waals surface area contributed by atoms with Crippen molar-refractivity contribution in [1.29, 1.82) is 0 Å². The van der Waals surface area contributed by atoms with E-state index in [4.69, 9.17) is 0 Å². The molecule has 4 aromatic rings. The Bertz CT molecular complexity index is 1110. The molecule has 5 rings (SSSR count). The van der Waals surface area contributed by atoms with E-state index < -0.39 is 0 Å². The summed E-state index contributed by atoms with van der Waals surface area (Å²) in [4.78, 5) is 20.6. The van der Waals surface area contributed by atoms with Crippen LogP contribution in [0.5, 0.6) is 0 Å². The molecule has 0 saturated heterocycles. The number of aromatic nitrogens is 6. The van der Waals surface area contributed by atoms with E-state index in [-0.39, 0.29) is 12.5 Å². The monoisotopic (exact) mass is 395 g/mol. The Morgan fingerprint density at radius 1 is 1.39 bits per heavy atom. The van der Waals surface area contributed by atoms with Crippen molar-refractivity contribution in [3.05, 3.63) is 41.7 Å². The van der Waals surface area contributed by atoms with Gasteiger partial charge in [-0.25, -0.2) is 9.50 Å². The Kier molecular flexibility index (Phi) is 4.13. The number of carbonyl (C=O) groups is 1. The van der Waals surface area contributed by atoms with Gasteiger partial charge in [0.25, 0.3) is 0 Å². The van der Waals surface area contributed by atoms with Gasteiger partial charge in [-0.05, 0) is 25.0 Å². The first-order chi connectivity index (χ1) is 13.7. The molecule has 4 N–H and O–H groups in total. The average Bonchev–Trinajstić information content (AvgIpc) is 3.09. The third-order valence-corrected chi connectivity index (χ3v) is 5.01. The van der Waals surface area contributed by atoms with Crippen LogP contribution >= 0.6 is 11.3 Å². The fourth-order valence-electron chi connectivity index (χ4n) is 2.83. The number of nitrogens with one attached hydrogen (secondary N) is 4. The summed E-state index contributed by atoms with van der Waals surface area (Å²) < 4.78 is 1.70. The van der Waals surface area contributed by atoms with Crippen LogP contribution in [-0.2, 0) is 4.79 Å². The summed E-state index contributed by atoms with van der Waals surface area (Å²) in [6.07, 6.45) is 5.85. The normalized spacial score (nSPS) is 13.6. The van der Waals surface area contributed by atoms with Crippen molar-refractivity contribution in [3.63, 3.8) is 0 Å². The third kappa shape index (κ3) is 3.51. The third-order valence-electron chi connectivity index (χ3n) is 4.32. The molecule has 142 valence electrons. The maximum absolute atomic E-state index is 12.0. The summed E-state index contributed by atoms with van der Waals surface area (Å²) in [7, 11) is 0. The van der Waals surface area contributed by atoms with Gasteiger partial charge < -0.3 is 16.0 Å². The Labute approximate surface area is 163 Å². The number of thiazole rings is 1. The molecule has 0 bridgehead atoms. The second kappa shape index (κ2) is 6.93. The van der Waals surface area contributed by atoms with E-state index in [9.17, 15) is 4.79 Å². The average molecular weight is 395 g/mol. The topological polar surface area (TPSA) is 125 Å². The number of amides is 1. The lowest BCUT2D eigenvalue weighted by molar-refractivity contribution is -0.114. The minimum Gasteiger partial charge on any atom is -0.344 e. The Morgan fingerprint density at radius 3 is 3.14 bits per heavy atom. The van der Waals surface area contributed by atoms with Crippen molar-refractivity contribution in [3.8, 4) is 0 Å². The van der Waals surface area contributed by atoms with E-state index in [1.54, 1.807) is 16.1 Å². The summed E-state index contributed by atoms with van der Waals surface area (Å²) in [6.45, 7) is 0.0294. The van der Waals surface area contributed by atoms with E-state index in [1.165, 1.54) is 24.2 Å². The van der Waals surface area contributed by atoms with Crippen LogP contribution in [0.25, 0.3) is 5.52 Å². The Morgan fingerprint density at radius 2 is 2.32 bits per heavy atom. The number of H-pyrrole nitrogens is 1. The van der Waals surface area contributed by atoms with Crippen LogP contribution < -0.4 is 16.0 Å². The maximum atomic E-state index is 12.0. The lowest BCUT2D eigenvalue weighted by Gasteiger charge is -2.09. The highest BCUT2D eigenvalue weighted by atomic mass is 32.1. The first-order valence-electron chi connectivity index (χ1n) is 8.85. The SMILES string of the molecule is O=C(CNc1nc(Nc2cc(C3CC3)n[nH]2)c2cccn2n1)Nc1nccs1. The highest BCUT2D eigenvalue weighted by Crippen LogP contribution is 2.39. The van der Waals surface area contributed by atoms with Gasteiger partial charge in [0, 0.05) is 29.8 Å². The van der Waals surface area contributed by atoms with Gasteiger partial charge in [-0.1, -0.05) is 0 Å². The van der Waals surface area contributed by atoms with E-state index in [1.807, 2.05) is 24.4 Å². The summed E-state index contributed by atoms with van der Waals surface area (Å²) in [5, 5.41) is 23.0. The van der Waals surface area contributed by atoms with Crippen LogP contribution in [0.15, 0.2) is 36.0 Å². The summed E-state index contributed by atoms with van der Waals surface area (Å²) >= 11 is 1.36. The minimum absolute atomic E-state index is 0.0294. The van der Waals surface area contributed by atoms with Gasteiger partial charge in [-0.15, -0.1) is 16.4 Å². The largest absolute Gasteiger partial charge is 0.344 e. The van der Waals surface area contributed by atoms with Crippen molar-refractivity contribution in [1.82, 2.24) is 29.8 Å². The predicted octanol–water partition coefficient (Wildman–Crippen LogP) is 2.58. The number of carbonyl (C=O) groups excluding carboxylic acids is 1. The van der Waals surface area contributed by atoms with Crippen molar-refractivity contribution in [2.75, 3.05) is 22.5 Å². The lowest BCUT2D eigenvalue weighted by atomic mass is 10.3. The van der Waals surface area contributed by atoms with Gasteiger partial charge in [0.2, 0.25) is 11.9 Å². The van der Waals surface area contributed by atoms with Crippen LogP contribution in [0.2, 0.25) is 0 Å². The maximum Gasteiger partial charge on any atom is 0.245 e. The van der Waals surface area contributed by atoms with Gasteiger partial charge >= 0.3 is 0 Å². The van der Waals surface area contributed by atoms with E-state index >= 15 is 0 Å². The fraction of sp³-hybridized carbons (Fsp3) is 0.235. The molecular formula is C17H17N9OS. The van der Waals surface area contributed by atoms with Crippen LogP contribution in [0.1, 0.15) is 24.5 Å². The number of hydrogen-bond acceptors (Lipinski definition) is 8. The molecule has 0 aliphatic heterocycles. The van der Waals surface area contributed by atoms with Gasteiger partial charge in [0.15, 0.2) is 10.9 Å². The second-order valence-corrected chi connectivity index (χ2v) is 7.36. The molecule has 1 aliphatic rings. The van der Waals surface area contributed by atoms with Crippen LogP contribution in [-0.4, -0.2) is 42.2 Å². The molecule has 0 atom stereocenters. The van der Waals surface area contributed by atoms with Gasteiger partial charge in [-0.3, -0.25) is 9.89 Å². The molecule has 10 nitrogen and oxygen atoms in total. The predicted molar refractivity (Wildman–Crippen MR) is 106 cm³/mol. The zero-order valence-corrected chi connectivity index (χ0v) is 15.5. The van der Waals surface area contributed by atoms with Crippen molar-refractivity contribution in [2.24, 2.45) is 0 Å². The smallest absolute Gasteiger partial charge is 0.245 e. The molecule has 1 aliphatic carbocycles. The second-order valence-electron chi connectivity index (χ2n) is 6.47. The zero-order valence-electron chi connectivity index (χ0n) is 14.7. The first-order valence-corrected chi connectivity index (χ1v) is 9.73. The summed E-state index contributed by atoms with van der Waals surface area (Å²) in [5.41, 5.74) is 1.89. The quantitative estimate of drug-likeness (QED) is 0.379. The fourth-order valence-corrected chi connectivity index (χ4v) is 3.37. The van der Waals surface area contributed by atoms with Crippen molar-refractivity contribution in [2.45, 2.75) is 18.8 Å². The molecule has 1 fully saturated rings. The molecule has 0 aromatic carbocycles. The molecule has 11 heteroatoms. The van der Waals surface area contributed by atoms with E-state index in [0.29, 0.717) is 22.8 Å². The van der Waals surface area contributed by atoms with Crippen molar-refractivity contribution >= 4 is 45.5 Å². The highest BCUT2D eigenvalue weighted by molar-refractivity contribution is 7.13. The number of fused-ring (bicyclic) bond motifs is 1. The van der Waals surface area contributed by atoms with E-state index in [0.717, 1.165) is 17.0 Å². The number of hydrogen-bond donors (Lipinski definition) is 4. The molecule has 28 heavy (non-hydrogen) atoms. The summed E-state index contributed by atoms with van der Waals surface area (Å²) in [6, 6.07) is 5.81. The van der Waals surface area contributed by atoms with E-state index in [2.05, 4.69) is 41.2 Å². The van der Waals surface area contributed by atoms with Gasteiger partial charge in [-0.2, -0.15) is 10.1 Å². The van der Waals surface area contributed by atoms with Crippen molar-refractivity contribution < 1.29 is 4.79 Å². The molecule has 1 amide bonds. The summed E-state index contributed by atoms with van der Waals surface area (Å²) in [5.74, 6) is 2.08. The molecule has 1 saturated carbocycles. The number of aromatic amines is 1. The molecule has 0 spiro atoms. The molecule has 0 radical (unpaired) electrons. The van der Waals surface area contributed by atoms with Crippen LogP contribution in [0.3, 0.4) is 0 Å².